The van der Waals surface area contributed by atoms with E-state index in [9.17, 15) is 19.1 Å². The van der Waals surface area contributed by atoms with E-state index in [2.05, 4.69) is 4.90 Å². The molecule has 140 valence electrons. The van der Waals surface area contributed by atoms with Gasteiger partial charge in [0.1, 0.15) is 11.6 Å². The number of imide groups is 1. The Morgan fingerprint density at radius 2 is 1.52 bits per heavy atom. The lowest BCUT2D eigenvalue weighted by molar-refractivity contribution is -0.123. The van der Waals surface area contributed by atoms with Gasteiger partial charge < -0.3 is 10.0 Å². The fraction of sp³-hybridized carbons (Fsp3) is 0.300. The summed E-state index contributed by atoms with van der Waals surface area (Å²) >= 11 is 0. The normalized spacial score (nSPS) is 21.1. The molecule has 6 nitrogen and oxygen atoms in total. The van der Waals surface area contributed by atoms with Gasteiger partial charge in [0.15, 0.2) is 0 Å². The highest BCUT2D eigenvalue weighted by Crippen LogP contribution is 2.30. The number of phenols is 1. The van der Waals surface area contributed by atoms with Crippen molar-refractivity contribution in [2.75, 3.05) is 36.0 Å². The minimum atomic E-state index is -0.579. The van der Waals surface area contributed by atoms with Crippen LogP contribution in [-0.4, -0.2) is 54.0 Å². The van der Waals surface area contributed by atoms with Gasteiger partial charge in [0.25, 0.3) is 5.91 Å². The Kier molecular flexibility index (Phi) is 4.53. The van der Waals surface area contributed by atoms with Crippen LogP contribution in [0.3, 0.4) is 0 Å². The Morgan fingerprint density at radius 3 is 2.19 bits per heavy atom. The number of hydrogen-bond donors (Lipinski definition) is 1. The second-order valence-corrected chi connectivity index (χ2v) is 6.75. The van der Waals surface area contributed by atoms with Gasteiger partial charge in [0.2, 0.25) is 5.91 Å². The molecule has 0 unspecified atom stereocenters. The van der Waals surface area contributed by atoms with Gasteiger partial charge in [-0.1, -0.05) is 24.3 Å². The first kappa shape index (κ1) is 17.5. The Hall–Kier alpha value is -2.93. The van der Waals surface area contributed by atoms with E-state index in [-0.39, 0.29) is 29.7 Å². The third-order valence-corrected chi connectivity index (χ3v) is 5.19. The van der Waals surface area contributed by atoms with Crippen LogP contribution >= 0.6 is 0 Å². The maximum absolute atomic E-state index is 14.0. The summed E-state index contributed by atoms with van der Waals surface area (Å²) in [4.78, 5) is 30.2. The maximum atomic E-state index is 14.0. The van der Waals surface area contributed by atoms with Gasteiger partial charge in [0.05, 0.1) is 23.8 Å². The predicted octanol–water partition coefficient (Wildman–Crippen LogP) is 1.99. The van der Waals surface area contributed by atoms with Crippen LogP contribution in [0.2, 0.25) is 0 Å². The van der Waals surface area contributed by atoms with Crippen molar-refractivity contribution in [1.29, 1.82) is 0 Å². The van der Waals surface area contributed by atoms with E-state index in [1.807, 2.05) is 17.0 Å². The number of rotatable bonds is 3. The summed E-state index contributed by atoms with van der Waals surface area (Å²) in [6.45, 7) is 2.44. The fourth-order valence-electron chi connectivity index (χ4n) is 3.79. The molecule has 4 rings (SSSR count). The molecule has 1 N–H and O–H groups in total. The zero-order chi connectivity index (χ0) is 19.0. The average Bonchev–Trinajstić information content (AvgIpc) is 2.97. The van der Waals surface area contributed by atoms with Crippen molar-refractivity contribution >= 4 is 23.2 Å². The van der Waals surface area contributed by atoms with Crippen LogP contribution in [0.25, 0.3) is 0 Å². The van der Waals surface area contributed by atoms with Crippen molar-refractivity contribution in [3.8, 4) is 5.75 Å². The highest BCUT2D eigenvalue weighted by molar-refractivity contribution is 6.22. The molecular formula is C20H20FN3O3. The second-order valence-electron chi connectivity index (χ2n) is 6.75. The Bertz CT molecular complexity index is 880. The van der Waals surface area contributed by atoms with Crippen LogP contribution < -0.4 is 9.80 Å². The van der Waals surface area contributed by atoms with Crippen LogP contribution in [0.15, 0.2) is 48.5 Å². The average molecular weight is 369 g/mol. The number of carbonyl (C=O) groups is 2. The number of benzene rings is 2. The lowest BCUT2D eigenvalue weighted by atomic mass is 10.1. The van der Waals surface area contributed by atoms with Crippen molar-refractivity contribution in [2.45, 2.75) is 12.5 Å². The Balaban J connectivity index is 1.46. The number of anilines is 2. The van der Waals surface area contributed by atoms with Gasteiger partial charge in [0, 0.05) is 26.2 Å². The smallest absolute Gasteiger partial charge is 0.251 e. The number of aromatic hydroxyl groups is 1. The largest absolute Gasteiger partial charge is 0.506 e. The molecule has 0 bridgehead atoms. The van der Waals surface area contributed by atoms with Crippen LogP contribution in [-0.2, 0) is 9.59 Å². The first-order valence-corrected chi connectivity index (χ1v) is 8.94. The molecule has 0 aliphatic carbocycles. The highest BCUT2D eigenvalue weighted by atomic mass is 19.1. The highest BCUT2D eigenvalue weighted by Gasteiger charge is 2.44. The number of halogens is 1. The molecule has 2 heterocycles. The van der Waals surface area contributed by atoms with E-state index in [1.54, 1.807) is 18.2 Å². The zero-order valence-electron chi connectivity index (χ0n) is 14.7. The number of amides is 2. The first-order chi connectivity index (χ1) is 13.1. The number of hydrogen-bond acceptors (Lipinski definition) is 5. The number of para-hydroxylation sites is 3. The van der Waals surface area contributed by atoms with E-state index in [1.165, 1.54) is 18.2 Å². The molecular weight excluding hydrogens is 349 g/mol. The van der Waals surface area contributed by atoms with Gasteiger partial charge >= 0.3 is 0 Å². The van der Waals surface area contributed by atoms with Crippen molar-refractivity contribution in [1.82, 2.24) is 4.90 Å². The summed E-state index contributed by atoms with van der Waals surface area (Å²) in [6.07, 6.45) is 0.0593. The molecule has 2 aromatic rings. The minimum absolute atomic E-state index is 0.0165. The number of nitrogens with zero attached hydrogens (tertiary/aromatic N) is 3. The molecule has 0 radical (unpaired) electrons. The molecule has 2 saturated heterocycles. The number of carbonyl (C=O) groups excluding carboxylic acids is 2. The summed E-state index contributed by atoms with van der Waals surface area (Å²) in [5.41, 5.74) is 0.779. The third-order valence-electron chi connectivity index (χ3n) is 5.19. The molecule has 2 fully saturated rings. The summed E-state index contributed by atoms with van der Waals surface area (Å²) in [5.74, 6) is -1.10. The first-order valence-electron chi connectivity index (χ1n) is 8.94. The molecule has 2 amide bonds. The molecule has 0 aromatic heterocycles. The summed E-state index contributed by atoms with van der Waals surface area (Å²) in [5, 5.41) is 10.0. The SMILES string of the molecule is O=C1C[C@@H](N2CCN(c3ccccc3O)CC2)C(=O)N1c1ccccc1F. The topological polar surface area (TPSA) is 64.1 Å². The lowest BCUT2D eigenvalue weighted by Crippen LogP contribution is -2.52. The van der Waals surface area contributed by atoms with Crippen LogP contribution in [0.1, 0.15) is 6.42 Å². The monoisotopic (exact) mass is 369 g/mol. The van der Waals surface area contributed by atoms with Gasteiger partial charge in [-0.3, -0.25) is 14.5 Å². The van der Waals surface area contributed by atoms with E-state index < -0.39 is 11.9 Å². The van der Waals surface area contributed by atoms with E-state index in [4.69, 9.17) is 0 Å². The van der Waals surface area contributed by atoms with Crippen LogP contribution in [0.4, 0.5) is 15.8 Å². The quantitative estimate of drug-likeness (QED) is 0.839. The molecule has 27 heavy (non-hydrogen) atoms. The molecule has 2 aliphatic heterocycles. The number of phenolic OH excluding ortho intramolecular Hbond substituents is 1. The van der Waals surface area contributed by atoms with E-state index >= 15 is 0 Å². The van der Waals surface area contributed by atoms with Crippen molar-refractivity contribution in [2.24, 2.45) is 0 Å². The number of piperazine rings is 1. The molecule has 1 atom stereocenters. The van der Waals surface area contributed by atoms with E-state index in [0.717, 1.165) is 10.6 Å². The van der Waals surface area contributed by atoms with Gasteiger partial charge in [-0.05, 0) is 24.3 Å². The molecule has 0 saturated carbocycles. The van der Waals surface area contributed by atoms with Crippen LogP contribution in [0, 0.1) is 5.82 Å². The summed E-state index contributed by atoms with van der Waals surface area (Å²) in [6, 6.07) is 12.4. The van der Waals surface area contributed by atoms with E-state index in [0.29, 0.717) is 26.2 Å². The fourth-order valence-corrected chi connectivity index (χ4v) is 3.79. The zero-order valence-corrected chi connectivity index (χ0v) is 14.7. The lowest BCUT2D eigenvalue weighted by Gasteiger charge is -2.38. The summed E-state index contributed by atoms with van der Waals surface area (Å²) < 4.78 is 14.0. The van der Waals surface area contributed by atoms with Crippen LogP contribution in [0.5, 0.6) is 5.75 Å². The second kappa shape index (κ2) is 7.00. The molecule has 2 aliphatic rings. The van der Waals surface area contributed by atoms with Gasteiger partial charge in [-0.25, -0.2) is 9.29 Å². The van der Waals surface area contributed by atoms with Gasteiger partial charge in [-0.2, -0.15) is 0 Å². The molecule has 2 aromatic carbocycles. The molecule has 0 spiro atoms. The third kappa shape index (κ3) is 3.14. The van der Waals surface area contributed by atoms with Gasteiger partial charge in [-0.15, -0.1) is 0 Å². The minimum Gasteiger partial charge on any atom is -0.506 e. The predicted molar refractivity (Wildman–Crippen MR) is 99.2 cm³/mol. The maximum Gasteiger partial charge on any atom is 0.251 e. The molecule has 7 heteroatoms. The Labute approximate surface area is 156 Å². The van der Waals surface area contributed by atoms with Crippen molar-refractivity contribution < 1.29 is 19.1 Å². The standard InChI is InChI=1S/C20H20FN3O3/c21-14-5-1-2-6-15(14)24-19(26)13-17(20(24)27)23-11-9-22(10-12-23)16-7-3-4-8-18(16)25/h1-8,17,25H,9-13H2/t17-/m1/s1. The summed E-state index contributed by atoms with van der Waals surface area (Å²) in [7, 11) is 0. The Morgan fingerprint density at radius 1 is 0.889 bits per heavy atom. The van der Waals surface area contributed by atoms with Crippen molar-refractivity contribution in [3.63, 3.8) is 0 Å². The van der Waals surface area contributed by atoms with Crippen molar-refractivity contribution in [3.05, 3.63) is 54.3 Å².